The molecule has 1 fully saturated rings. The fourth-order valence-corrected chi connectivity index (χ4v) is 2.89. The Morgan fingerprint density at radius 2 is 2.38 bits per heavy atom. The number of hydrogen-bond donors (Lipinski definition) is 1. The zero-order valence-electron chi connectivity index (χ0n) is 11.1. The molecule has 1 aliphatic rings. The molecule has 2 amide bonds. The minimum atomic E-state index is -0.367. The first-order chi connectivity index (χ1) is 10.2. The summed E-state index contributed by atoms with van der Waals surface area (Å²) in [6.45, 7) is 0.600. The monoisotopic (exact) mass is 307 g/mol. The van der Waals surface area contributed by atoms with Crippen LogP contribution in [0.1, 0.15) is 31.1 Å². The van der Waals surface area contributed by atoms with E-state index in [4.69, 9.17) is 4.52 Å². The molecule has 0 saturated carbocycles. The van der Waals surface area contributed by atoms with Gasteiger partial charge in [0.15, 0.2) is 11.0 Å². The first kappa shape index (κ1) is 13.7. The quantitative estimate of drug-likeness (QED) is 0.852. The van der Waals surface area contributed by atoms with Gasteiger partial charge in [0.1, 0.15) is 6.42 Å². The van der Waals surface area contributed by atoms with E-state index in [9.17, 15) is 9.59 Å². The number of hydrogen-bond acceptors (Lipinski definition) is 7. The third-order valence-electron chi connectivity index (χ3n) is 3.24. The number of aromatic nitrogens is 3. The Kier molecular flexibility index (Phi) is 3.91. The predicted octanol–water partition coefficient (Wildman–Crippen LogP) is 1.22. The van der Waals surface area contributed by atoms with E-state index in [0.717, 1.165) is 12.8 Å². The third kappa shape index (κ3) is 3.07. The van der Waals surface area contributed by atoms with Gasteiger partial charge in [-0.1, -0.05) is 5.16 Å². The molecule has 0 aliphatic carbocycles. The van der Waals surface area contributed by atoms with Crippen LogP contribution in [0.3, 0.4) is 0 Å². The summed E-state index contributed by atoms with van der Waals surface area (Å²) >= 11 is 1.31. The van der Waals surface area contributed by atoms with Gasteiger partial charge in [0, 0.05) is 18.1 Å². The van der Waals surface area contributed by atoms with Crippen LogP contribution < -0.4 is 5.32 Å². The van der Waals surface area contributed by atoms with Crippen molar-refractivity contribution in [1.29, 1.82) is 0 Å². The van der Waals surface area contributed by atoms with E-state index in [1.165, 1.54) is 17.7 Å². The highest BCUT2D eigenvalue weighted by atomic mass is 32.1. The molecule has 2 aromatic rings. The molecule has 1 N–H and O–H groups in total. The first-order valence-electron chi connectivity index (χ1n) is 6.49. The molecule has 1 atom stereocenters. The molecule has 1 aliphatic heterocycles. The highest BCUT2D eigenvalue weighted by Crippen LogP contribution is 2.30. The highest BCUT2D eigenvalue weighted by Gasteiger charge is 2.33. The van der Waals surface area contributed by atoms with Gasteiger partial charge in [0.05, 0.1) is 6.04 Å². The molecule has 0 radical (unpaired) electrons. The minimum Gasteiger partial charge on any atom is -0.343 e. The summed E-state index contributed by atoms with van der Waals surface area (Å²) in [5.41, 5.74) is 0. The van der Waals surface area contributed by atoms with Gasteiger partial charge in [-0.3, -0.25) is 9.59 Å². The lowest BCUT2D eigenvalue weighted by molar-refractivity contribution is -0.135. The molecular weight excluding hydrogens is 294 g/mol. The number of nitrogens with zero attached hydrogens (tertiary/aromatic N) is 4. The average Bonchev–Trinajstić information content (AvgIpc) is 3.20. The Hall–Kier alpha value is -2.29. The van der Waals surface area contributed by atoms with E-state index < -0.39 is 0 Å². The van der Waals surface area contributed by atoms with Crippen LogP contribution in [-0.4, -0.2) is 38.4 Å². The molecular formula is C12H13N5O3S. The molecule has 0 aromatic carbocycles. The summed E-state index contributed by atoms with van der Waals surface area (Å²) in [6.07, 6.45) is 4.26. The lowest BCUT2D eigenvalue weighted by Gasteiger charge is -2.21. The number of amides is 2. The molecule has 21 heavy (non-hydrogen) atoms. The highest BCUT2D eigenvalue weighted by molar-refractivity contribution is 7.13. The number of likely N-dealkylation sites (tertiary alicyclic amines) is 1. The normalized spacial score (nSPS) is 17.9. The van der Waals surface area contributed by atoms with Gasteiger partial charge in [-0.15, -0.1) is 11.3 Å². The third-order valence-corrected chi connectivity index (χ3v) is 3.93. The van der Waals surface area contributed by atoms with Crippen molar-refractivity contribution in [3.63, 3.8) is 0 Å². The maximum absolute atomic E-state index is 12.3. The van der Waals surface area contributed by atoms with Gasteiger partial charge in [0.25, 0.3) is 0 Å². The van der Waals surface area contributed by atoms with Crippen molar-refractivity contribution in [3.05, 3.63) is 23.8 Å². The fraction of sp³-hybridized carbons (Fsp3) is 0.417. The van der Waals surface area contributed by atoms with E-state index >= 15 is 0 Å². The van der Waals surface area contributed by atoms with Crippen LogP contribution in [0.4, 0.5) is 5.13 Å². The number of nitrogens with one attached hydrogen (secondary N) is 1. The van der Waals surface area contributed by atoms with Crippen molar-refractivity contribution in [2.75, 3.05) is 11.9 Å². The van der Waals surface area contributed by atoms with Gasteiger partial charge in [-0.2, -0.15) is 4.98 Å². The maximum Gasteiger partial charge on any atom is 0.235 e. The number of thiazole rings is 1. The molecule has 1 unspecified atom stereocenters. The van der Waals surface area contributed by atoms with Crippen LogP contribution in [0.5, 0.6) is 0 Å². The van der Waals surface area contributed by atoms with Crippen LogP contribution in [0.25, 0.3) is 0 Å². The SMILES string of the molecule is O=C(CC(=O)N1CCCC1c1ncon1)Nc1nccs1. The Morgan fingerprint density at radius 3 is 3.10 bits per heavy atom. The lowest BCUT2D eigenvalue weighted by atomic mass is 10.2. The zero-order valence-corrected chi connectivity index (χ0v) is 11.9. The van der Waals surface area contributed by atoms with Crippen LogP contribution >= 0.6 is 11.3 Å². The summed E-state index contributed by atoms with van der Waals surface area (Å²) in [7, 11) is 0. The van der Waals surface area contributed by atoms with Crippen LogP contribution in [0, 0.1) is 0 Å². The van der Waals surface area contributed by atoms with Gasteiger partial charge < -0.3 is 14.7 Å². The standard InChI is InChI=1S/C12H13N5O3S/c18-9(15-12-13-3-5-21-12)6-10(19)17-4-1-2-8(17)11-14-7-20-16-11/h3,5,7-8H,1-2,4,6H2,(H,13,15,18). The first-order valence-corrected chi connectivity index (χ1v) is 7.37. The number of carbonyl (C=O) groups excluding carboxylic acids is 2. The molecule has 110 valence electrons. The molecule has 2 aromatic heterocycles. The van der Waals surface area contributed by atoms with Gasteiger partial charge in [-0.05, 0) is 12.8 Å². The van der Waals surface area contributed by atoms with Crippen LogP contribution in [0.15, 0.2) is 22.5 Å². The summed E-state index contributed by atoms with van der Waals surface area (Å²) in [4.78, 5) is 33.6. The smallest absolute Gasteiger partial charge is 0.235 e. The molecule has 1 saturated heterocycles. The lowest BCUT2D eigenvalue weighted by Crippen LogP contribution is -2.33. The van der Waals surface area contributed by atoms with Gasteiger partial charge >= 0.3 is 0 Å². The van der Waals surface area contributed by atoms with Crippen LogP contribution in [0.2, 0.25) is 0 Å². The van der Waals surface area contributed by atoms with E-state index in [-0.39, 0.29) is 24.3 Å². The maximum atomic E-state index is 12.3. The van der Waals surface area contributed by atoms with Crippen LogP contribution in [-0.2, 0) is 9.59 Å². The number of rotatable bonds is 4. The van der Waals surface area contributed by atoms with Gasteiger partial charge in [0.2, 0.25) is 18.2 Å². The van der Waals surface area contributed by atoms with Crippen molar-refractivity contribution in [2.45, 2.75) is 25.3 Å². The Balaban J connectivity index is 1.60. The van der Waals surface area contributed by atoms with E-state index in [0.29, 0.717) is 17.5 Å². The van der Waals surface area contributed by atoms with Crippen molar-refractivity contribution in [1.82, 2.24) is 20.0 Å². The average molecular weight is 307 g/mol. The molecule has 3 heterocycles. The molecule has 0 spiro atoms. The second kappa shape index (κ2) is 6.00. The molecule has 3 rings (SSSR count). The summed E-state index contributed by atoms with van der Waals surface area (Å²) < 4.78 is 4.72. The Morgan fingerprint density at radius 1 is 1.48 bits per heavy atom. The molecule has 8 nitrogen and oxygen atoms in total. The van der Waals surface area contributed by atoms with Crippen molar-refractivity contribution < 1.29 is 14.1 Å². The van der Waals surface area contributed by atoms with E-state index in [1.54, 1.807) is 16.5 Å². The largest absolute Gasteiger partial charge is 0.343 e. The van der Waals surface area contributed by atoms with E-state index in [2.05, 4.69) is 20.4 Å². The van der Waals surface area contributed by atoms with Crippen molar-refractivity contribution in [3.8, 4) is 0 Å². The van der Waals surface area contributed by atoms with Crippen molar-refractivity contribution >= 4 is 28.3 Å². The fourth-order valence-electron chi connectivity index (χ4n) is 2.35. The van der Waals surface area contributed by atoms with Crippen molar-refractivity contribution in [2.24, 2.45) is 0 Å². The molecule has 0 bridgehead atoms. The minimum absolute atomic E-state index is 0.205. The second-order valence-corrected chi connectivity index (χ2v) is 5.49. The Labute approximate surface area is 124 Å². The predicted molar refractivity (Wildman–Crippen MR) is 73.3 cm³/mol. The zero-order chi connectivity index (χ0) is 14.7. The summed E-state index contributed by atoms with van der Waals surface area (Å²) in [6, 6.07) is -0.205. The summed E-state index contributed by atoms with van der Waals surface area (Å²) in [5, 5.41) is 8.62. The second-order valence-electron chi connectivity index (χ2n) is 4.60. The van der Waals surface area contributed by atoms with Gasteiger partial charge in [-0.25, -0.2) is 4.98 Å². The number of anilines is 1. The topological polar surface area (TPSA) is 101 Å². The Bertz CT molecular complexity index is 613. The number of carbonyl (C=O) groups is 2. The molecule has 9 heteroatoms. The van der Waals surface area contributed by atoms with E-state index in [1.807, 2.05) is 0 Å². The summed E-state index contributed by atoms with van der Waals surface area (Å²) in [5.74, 6) is -0.119.